The summed E-state index contributed by atoms with van der Waals surface area (Å²) in [6.45, 7) is 2.60. The van der Waals surface area contributed by atoms with Crippen LogP contribution in [0.4, 0.5) is 30.6 Å². The summed E-state index contributed by atoms with van der Waals surface area (Å²) in [5, 5.41) is 13.3. The lowest BCUT2D eigenvalue weighted by Gasteiger charge is -2.13. The second-order valence-electron chi connectivity index (χ2n) is 7.08. The molecule has 2 N–H and O–H groups in total. The number of aromatic nitrogens is 2. The van der Waals surface area contributed by atoms with Crippen molar-refractivity contribution in [2.24, 2.45) is 0 Å². The number of aryl methyl sites for hydroxylation is 1. The zero-order valence-corrected chi connectivity index (χ0v) is 17.7. The molecule has 4 aromatic rings. The van der Waals surface area contributed by atoms with Gasteiger partial charge in [0.2, 0.25) is 0 Å². The lowest BCUT2D eigenvalue weighted by atomic mass is 10.1. The summed E-state index contributed by atoms with van der Waals surface area (Å²) in [6.07, 6.45) is 0.644. The van der Waals surface area contributed by atoms with E-state index < -0.39 is 17.5 Å². The number of halogens is 3. The summed E-state index contributed by atoms with van der Waals surface area (Å²) in [7, 11) is 0. The van der Waals surface area contributed by atoms with Crippen LogP contribution in [0.25, 0.3) is 11.5 Å². The zero-order valence-electron chi connectivity index (χ0n) is 17.7. The first kappa shape index (κ1) is 22.2. The molecule has 0 aliphatic heterocycles. The molecule has 0 saturated carbocycles. The Morgan fingerprint density at radius 2 is 1.76 bits per heavy atom. The molecule has 0 fully saturated rings. The topological polar surface area (TPSA) is 72.2 Å². The van der Waals surface area contributed by atoms with Crippen molar-refractivity contribution in [2.45, 2.75) is 13.3 Å². The maximum atomic E-state index is 14.6. The molecule has 0 aliphatic carbocycles. The summed E-state index contributed by atoms with van der Waals surface area (Å²) in [5.74, 6) is -2.20. The first-order valence-electron chi connectivity index (χ1n) is 10.3. The third kappa shape index (κ3) is 5.25. The Labute approximate surface area is 188 Å². The third-order valence-corrected chi connectivity index (χ3v) is 4.84. The fourth-order valence-electron chi connectivity index (χ4n) is 3.11. The average Bonchev–Trinajstić information content (AvgIpc) is 3.30. The summed E-state index contributed by atoms with van der Waals surface area (Å²) < 4.78 is 54.2. The van der Waals surface area contributed by atoms with Gasteiger partial charge < -0.3 is 19.8 Å². The van der Waals surface area contributed by atoms with Gasteiger partial charge in [0.1, 0.15) is 18.2 Å². The van der Waals surface area contributed by atoms with Gasteiger partial charge in [-0.3, -0.25) is 0 Å². The van der Waals surface area contributed by atoms with Gasteiger partial charge in [-0.15, -0.1) is 5.10 Å². The van der Waals surface area contributed by atoms with E-state index in [4.69, 9.17) is 9.15 Å². The van der Waals surface area contributed by atoms with Gasteiger partial charge in [-0.2, -0.15) is 0 Å². The quantitative estimate of drug-likeness (QED) is 0.305. The van der Waals surface area contributed by atoms with Crippen LogP contribution in [-0.4, -0.2) is 23.3 Å². The van der Waals surface area contributed by atoms with Gasteiger partial charge in [-0.05, 0) is 48.4 Å². The molecule has 1 aromatic heterocycles. The monoisotopic (exact) mass is 454 g/mol. The van der Waals surface area contributed by atoms with Crippen molar-refractivity contribution in [3.63, 3.8) is 0 Å². The van der Waals surface area contributed by atoms with Crippen LogP contribution in [-0.2, 0) is 6.42 Å². The Kier molecular flexibility index (Phi) is 6.77. The number of ether oxygens (including phenoxy) is 1. The second-order valence-corrected chi connectivity index (χ2v) is 7.08. The van der Waals surface area contributed by atoms with Crippen LogP contribution in [0.5, 0.6) is 5.75 Å². The highest BCUT2D eigenvalue weighted by molar-refractivity contribution is 5.78. The van der Waals surface area contributed by atoms with Crippen molar-refractivity contribution in [2.75, 3.05) is 23.8 Å². The first-order chi connectivity index (χ1) is 16.0. The van der Waals surface area contributed by atoms with Crippen LogP contribution in [0.15, 0.2) is 65.1 Å². The highest BCUT2D eigenvalue weighted by atomic mass is 19.2. The van der Waals surface area contributed by atoms with Crippen molar-refractivity contribution < 1.29 is 22.3 Å². The molecule has 0 amide bonds. The largest absolute Gasteiger partial charge is 0.492 e. The Morgan fingerprint density at radius 1 is 0.939 bits per heavy atom. The number of anilines is 3. The fraction of sp³-hybridized carbons (Fsp3) is 0.167. The van der Waals surface area contributed by atoms with Crippen molar-refractivity contribution in [3.05, 3.63) is 83.7 Å². The molecule has 9 heteroatoms. The van der Waals surface area contributed by atoms with Gasteiger partial charge in [0.25, 0.3) is 5.89 Å². The van der Waals surface area contributed by atoms with Crippen molar-refractivity contribution in [1.82, 2.24) is 10.2 Å². The number of benzene rings is 3. The molecule has 4 rings (SSSR count). The van der Waals surface area contributed by atoms with Crippen LogP contribution >= 0.6 is 0 Å². The summed E-state index contributed by atoms with van der Waals surface area (Å²) in [4.78, 5) is 0. The molecule has 0 radical (unpaired) electrons. The Bertz CT molecular complexity index is 1230. The molecular weight excluding hydrogens is 433 g/mol. The average molecular weight is 454 g/mol. The van der Waals surface area contributed by atoms with Crippen LogP contribution in [0.2, 0.25) is 0 Å². The minimum Gasteiger partial charge on any atom is -0.492 e. The van der Waals surface area contributed by atoms with E-state index in [1.165, 1.54) is 18.2 Å². The molecule has 0 unspecified atom stereocenters. The van der Waals surface area contributed by atoms with E-state index in [0.717, 1.165) is 17.4 Å². The molecule has 6 nitrogen and oxygen atoms in total. The predicted octanol–water partition coefficient (Wildman–Crippen LogP) is 5.95. The molecule has 0 aliphatic rings. The molecule has 0 bridgehead atoms. The second kappa shape index (κ2) is 10.1. The highest BCUT2D eigenvalue weighted by Gasteiger charge is 2.20. The van der Waals surface area contributed by atoms with Crippen molar-refractivity contribution >= 4 is 17.4 Å². The maximum absolute atomic E-state index is 14.6. The molecule has 170 valence electrons. The number of nitrogens with zero attached hydrogens (tertiary/aromatic N) is 2. The summed E-state index contributed by atoms with van der Waals surface area (Å²) >= 11 is 0. The zero-order chi connectivity index (χ0) is 23.2. The number of hydrogen-bond donors (Lipinski definition) is 2. The third-order valence-electron chi connectivity index (χ3n) is 4.84. The van der Waals surface area contributed by atoms with E-state index >= 15 is 0 Å². The number of rotatable bonds is 9. The van der Waals surface area contributed by atoms with E-state index in [9.17, 15) is 13.2 Å². The van der Waals surface area contributed by atoms with Gasteiger partial charge in [0, 0.05) is 0 Å². The Morgan fingerprint density at radius 3 is 2.52 bits per heavy atom. The Hall–Kier alpha value is -4.01. The number of hydrogen-bond acceptors (Lipinski definition) is 6. The summed E-state index contributed by atoms with van der Waals surface area (Å²) in [6, 6.07) is 16.1. The van der Waals surface area contributed by atoms with Crippen molar-refractivity contribution in [1.29, 1.82) is 0 Å². The normalized spacial score (nSPS) is 10.8. The lowest BCUT2D eigenvalue weighted by molar-refractivity contribution is 0.331. The van der Waals surface area contributed by atoms with Crippen LogP contribution in [0.3, 0.4) is 0 Å². The van der Waals surface area contributed by atoms with Gasteiger partial charge in [0.05, 0.1) is 23.5 Å². The molecule has 1 heterocycles. The van der Waals surface area contributed by atoms with Gasteiger partial charge in [0.15, 0.2) is 11.6 Å². The van der Waals surface area contributed by atoms with E-state index in [0.29, 0.717) is 19.6 Å². The number of nitrogens with one attached hydrogen (secondary N) is 2. The SMILES string of the molecule is CCc1ccc(Nc2c(-c3nnc(NCCOc4ccccc4)o3)ccc(F)c2F)c(F)c1. The molecule has 0 saturated heterocycles. The number of para-hydroxylation sites is 1. The maximum Gasteiger partial charge on any atom is 0.315 e. The van der Waals surface area contributed by atoms with E-state index in [1.54, 1.807) is 6.07 Å². The van der Waals surface area contributed by atoms with Crippen LogP contribution in [0.1, 0.15) is 12.5 Å². The molecule has 33 heavy (non-hydrogen) atoms. The minimum atomic E-state index is -1.18. The Balaban J connectivity index is 1.50. The van der Waals surface area contributed by atoms with Crippen LogP contribution < -0.4 is 15.4 Å². The van der Waals surface area contributed by atoms with E-state index in [2.05, 4.69) is 20.8 Å². The first-order valence-corrected chi connectivity index (χ1v) is 10.3. The van der Waals surface area contributed by atoms with E-state index in [-0.39, 0.29) is 28.8 Å². The highest BCUT2D eigenvalue weighted by Crippen LogP contribution is 2.34. The van der Waals surface area contributed by atoms with Gasteiger partial charge in [-0.25, -0.2) is 13.2 Å². The minimum absolute atomic E-state index is 0.00567. The lowest BCUT2D eigenvalue weighted by Crippen LogP contribution is -2.11. The van der Waals surface area contributed by atoms with Crippen LogP contribution in [0, 0.1) is 17.5 Å². The fourth-order valence-corrected chi connectivity index (χ4v) is 3.11. The predicted molar refractivity (Wildman–Crippen MR) is 119 cm³/mol. The van der Waals surface area contributed by atoms with Crippen molar-refractivity contribution in [3.8, 4) is 17.2 Å². The molecule has 3 aromatic carbocycles. The smallest absolute Gasteiger partial charge is 0.315 e. The van der Waals surface area contributed by atoms with Gasteiger partial charge >= 0.3 is 6.01 Å². The molecule has 0 spiro atoms. The standard InChI is InChI=1S/C24H21F3N4O2/c1-2-15-8-11-20(19(26)14-15)29-22-17(9-10-18(25)21(22)27)23-30-31-24(33-23)28-12-13-32-16-6-4-3-5-7-16/h3-11,14,29H,2,12-13H2,1H3,(H,28,31). The van der Waals surface area contributed by atoms with Gasteiger partial charge in [-0.1, -0.05) is 36.3 Å². The molecular formula is C24H21F3N4O2. The van der Waals surface area contributed by atoms with E-state index in [1.807, 2.05) is 37.3 Å². The molecule has 0 atom stereocenters. The summed E-state index contributed by atoms with van der Waals surface area (Å²) in [5.41, 5.74) is 0.561.